The number of nitrogens with zero attached hydrogens (tertiary/aromatic N) is 1. The number of rotatable bonds is 7. The van der Waals surface area contributed by atoms with E-state index in [9.17, 15) is 10.1 Å². The SMILES string of the molecule is O=[N+]([O-])C[C@@H](c1ccccc1OCc1ccc(Cl)cc1Cl)c1c[nH]c2ccccc12. The van der Waals surface area contributed by atoms with Crippen molar-refractivity contribution in [2.24, 2.45) is 0 Å². The highest BCUT2D eigenvalue weighted by Crippen LogP contribution is 2.36. The molecular weight excluding hydrogens is 423 g/mol. The number of fused-ring (bicyclic) bond motifs is 1. The fourth-order valence-corrected chi connectivity index (χ4v) is 4.05. The predicted molar refractivity (Wildman–Crippen MR) is 119 cm³/mol. The van der Waals surface area contributed by atoms with Crippen LogP contribution in [0.15, 0.2) is 72.9 Å². The first kappa shape index (κ1) is 20.3. The number of aromatic amines is 1. The molecule has 0 unspecified atom stereocenters. The standard InChI is InChI=1S/C23H18Cl2N2O3/c24-16-10-9-15(21(25)11-16)14-30-23-8-4-2-6-18(23)20(13-27(28)29)19-12-26-22-7-3-1-5-17(19)22/h1-12,20,26H,13-14H2/t20-/m0/s1. The molecule has 3 aromatic carbocycles. The molecule has 0 aliphatic heterocycles. The molecule has 0 saturated heterocycles. The van der Waals surface area contributed by atoms with Crippen LogP contribution in [0.5, 0.6) is 5.75 Å². The first-order chi connectivity index (χ1) is 14.5. The Labute approximate surface area is 183 Å². The number of hydrogen-bond acceptors (Lipinski definition) is 3. The van der Waals surface area contributed by atoms with E-state index in [4.69, 9.17) is 27.9 Å². The molecule has 1 heterocycles. The molecule has 1 atom stereocenters. The third-order valence-electron chi connectivity index (χ3n) is 5.02. The van der Waals surface area contributed by atoms with Crippen LogP contribution >= 0.6 is 23.2 Å². The van der Waals surface area contributed by atoms with Gasteiger partial charge in [-0.3, -0.25) is 10.1 Å². The molecular formula is C23H18Cl2N2O3. The molecule has 1 aromatic heterocycles. The van der Waals surface area contributed by atoms with Crippen LogP contribution in [0.3, 0.4) is 0 Å². The van der Waals surface area contributed by atoms with Crippen LogP contribution in [-0.4, -0.2) is 16.5 Å². The van der Waals surface area contributed by atoms with Gasteiger partial charge in [-0.15, -0.1) is 0 Å². The van der Waals surface area contributed by atoms with Crippen molar-refractivity contribution < 1.29 is 9.66 Å². The summed E-state index contributed by atoms with van der Waals surface area (Å²) in [6.07, 6.45) is 1.84. The molecule has 4 rings (SSSR count). The molecule has 7 heteroatoms. The van der Waals surface area contributed by atoms with Gasteiger partial charge in [0.2, 0.25) is 6.54 Å². The van der Waals surface area contributed by atoms with Gasteiger partial charge in [-0.2, -0.15) is 0 Å². The van der Waals surface area contributed by atoms with Crippen LogP contribution in [0, 0.1) is 10.1 Å². The monoisotopic (exact) mass is 440 g/mol. The van der Waals surface area contributed by atoms with E-state index in [-0.39, 0.29) is 18.1 Å². The van der Waals surface area contributed by atoms with Crippen molar-refractivity contribution >= 4 is 34.1 Å². The van der Waals surface area contributed by atoms with Crippen LogP contribution in [0.4, 0.5) is 0 Å². The van der Waals surface area contributed by atoms with Crippen molar-refractivity contribution in [3.05, 3.63) is 110 Å². The van der Waals surface area contributed by atoms with Gasteiger partial charge >= 0.3 is 0 Å². The van der Waals surface area contributed by atoms with Crippen LogP contribution in [0.25, 0.3) is 10.9 Å². The normalized spacial score (nSPS) is 12.1. The minimum absolute atomic E-state index is 0.228. The molecule has 0 radical (unpaired) electrons. The van der Waals surface area contributed by atoms with Gasteiger partial charge in [0.1, 0.15) is 12.4 Å². The van der Waals surface area contributed by atoms with Crippen LogP contribution in [-0.2, 0) is 6.61 Å². The van der Waals surface area contributed by atoms with E-state index in [0.717, 1.165) is 27.6 Å². The average Bonchev–Trinajstić information content (AvgIpc) is 3.16. The Kier molecular flexibility index (Phi) is 5.93. The summed E-state index contributed by atoms with van der Waals surface area (Å²) in [4.78, 5) is 14.4. The largest absolute Gasteiger partial charge is 0.489 e. The number of para-hydroxylation sites is 2. The number of hydrogen-bond donors (Lipinski definition) is 1. The summed E-state index contributed by atoms with van der Waals surface area (Å²) in [5, 5.41) is 13.5. The van der Waals surface area contributed by atoms with Crippen molar-refractivity contribution in [3.63, 3.8) is 0 Å². The maximum atomic E-state index is 11.5. The van der Waals surface area contributed by atoms with E-state index < -0.39 is 5.92 Å². The quantitative estimate of drug-likeness (QED) is 0.264. The first-order valence-corrected chi connectivity index (χ1v) is 10.1. The van der Waals surface area contributed by atoms with E-state index in [1.165, 1.54) is 0 Å². The van der Waals surface area contributed by atoms with Crippen molar-refractivity contribution in [3.8, 4) is 5.75 Å². The number of benzene rings is 3. The predicted octanol–water partition coefficient (Wildman–Crippen LogP) is 6.46. The molecule has 30 heavy (non-hydrogen) atoms. The Hall–Kier alpha value is -3.02. The molecule has 0 fully saturated rings. The molecule has 0 spiro atoms. The molecule has 5 nitrogen and oxygen atoms in total. The van der Waals surface area contributed by atoms with Gasteiger partial charge < -0.3 is 9.72 Å². The molecule has 1 N–H and O–H groups in total. The van der Waals surface area contributed by atoms with E-state index in [2.05, 4.69) is 4.98 Å². The van der Waals surface area contributed by atoms with Gasteiger partial charge in [0.15, 0.2) is 0 Å². The van der Waals surface area contributed by atoms with Crippen LogP contribution in [0.1, 0.15) is 22.6 Å². The second kappa shape index (κ2) is 8.78. The number of H-pyrrole nitrogens is 1. The highest BCUT2D eigenvalue weighted by Gasteiger charge is 2.26. The summed E-state index contributed by atoms with van der Waals surface area (Å²) in [7, 11) is 0. The Morgan fingerprint density at radius 1 is 1.00 bits per heavy atom. The van der Waals surface area contributed by atoms with Gasteiger partial charge in [0.05, 0.1) is 5.92 Å². The fourth-order valence-electron chi connectivity index (χ4n) is 3.59. The lowest BCUT2D eigenvalue weighted by Gasteiger charge is -2.18. The summed E-state index contributed by atoms with van der Waals surface area (Å²) >= 11 is 12.2. The molecule has 0 aliphatic carbocycles. The summed E-state index contributed by atoms with van der Waals surface area (Å²) in [5.41, 5.74) is 3.34. The minimum atomic E-state index is -0.465. The first-order valence-electron chi connectivity index (χ1n) is 9.36. The number of nitrogens with one attached hydrogen (secondary N) is 1. The summed E-state index contributed by atoms with van der Waals surface area (Å²) in [6, 6.07) is 20.4. The molecule has 0 aliphatic rings. The molecule has 0 amide bonds. The molecule has 4 aromatic rings. The molecule has 0 saturated carbocycles. The Morgan fingerprint density at radius 2 is 1.77 bits per heavy atom. The summed E-state index contributed by atoms with van der Waals surface area (Å²) < 4.78 is 6.06. The lowest BCUT2D eigenvalue weighted by Crippen LogP contribution is -2.15. The van der Waals surface area contributed by atoms with Crippen LogP contribution < -0.4 is 4.74 Å². The maximum Gasteiger partial charge on any atom is 0.214 e. The Bertz CT molecular complexity index is 1210. The molecule has 152 valence electrons. The van der Waals surface area contributed by atoms with Gasteiger partial charge in [0, 0.05) is 43.2 Å². The van der Waals surface area contributed by atoms with E-state index in [1.807, 2.05) is 54.7 Å². The van der Waals surface area contributed by atoms with Gasteiger partial charge in [-0.1, -0.05) is 65.7 Å². The lowest BCUT2D eigenvalue weighted by molar-refractivity contribution is -0.481. The zero-order valence-electron chi connectivity index (χ0n) is 15.8. The highest BCUT2D eigenvalue weighted by molar-refractivity contribution is 6.35. The minimum Gasteiger partial charge on any atom is -0.489 e. The highest BCUT2D eigenvalue weighted by atomic mass is 35.5. The van der Waals surface area contributed by atoms with E-state index in [0.29, 0.717) is 15.8 Å². The third-order valence-corrected chi connectivity index (χ3v) is 5.61. The Morgan fingerprint density at radius 3 is 2.57 bits per heavy atom. The van der Waals surface area contributed by atoms with Crippen molar-refractivity contribution in [1.29, 1.82) is 0 Å². The van der Waals surface area contributed by atoms with Gasteiger partial charge in [-0.05, 0) is 29.8 Å². The number of ether oxygens (including phenoxy) is 1. The van der Waals surface area contributed by atoms with E-state index >= 15 is 0 Å². The topological polar surface area (TPSA) is 68.2 Å². The second-order valence-corrected chi connectivity index (χ2v) is 7.76. The Balaban J connectivity index is 1.70. The average molecular weight is 441 g/mol. The maximum absolute atomic E-state index is 11.5. The summed E-state index contributed by atoms with van der Waals surface area (Å²) in [6.45, 7) is -0.0179. The van der Waals surface area contributed by atoms with Crippen molar-refractivity contribution in [2.45, 2.75) is 12.5 Å². The number of nitro groups is 1. The van der Waals surface area contributed by atoms with Gasteiger partial charge in [0.25, 0.3) is 0 Å². The number of halogens is 2. The van der Waals surface area contributed by atoms with Gasteiger partial charge in [-0.25, -0.2) is 0 Å². The van der Waals surface area contributed by atoms with Crippen LogP contribution in [0.2, 0.25) is 10.0 Å². The second-order valence-electron chi connectivity index (χ2n) is 6.92. The smallest absolute Gasteiger partial charge is 0.214 e. The molecule has 0 bridgehead atoms. The third kappa shape index (κ3) is 4.27. The van der Waals surface area contributed by atoms with E-state index in [1.54, 1.807) is 18.2 Å². The zero-order valence-corrected chi connectivity index (χ0v) is 17.4. The van der Waals surface area contributed by atoms with Crippen molar-refractivity contribution in [2.75, 3.05) is 6.54 Å². The zero-order chi connectivity index (χ0) is 21.1. The lowest BCUT2D eigenvalue weighted by atomic mass is 9.90. The van der Waals surface area contributed by atoms with Crippen molar-refractivity contribution in [1.82, 2.24) is 4.98 Å². The summed E-state index contributed by atoms with van der Waals surface area (Å²) in [5.74, 6) is 0.119. The fraction of sp³-hybridized carbons (Fsp3) is 0.130. The number of aromatic nitrogens is 1.